The Kier molecular flexibility index (Phi) is 4.33. The van der Waals surface area contributed by atoms with Crippen molar-refractivity contribution in [3.05, 3.63) is 64.2 Å². The number of hydrogen-bond donors (Lipinski definition) is 1. The van der Waals surface area contributed by atoms with E-state index in [-0.39, 0.29) is 0 Å². The van der Waals surface area contributed by atoms with Crippen molar-refractivity contribution in [1.29, 1.82) is 0 Å². The molecule has 0 saturated heterocycles. The lowest BCUT2D eigenvalue weighted by Crippen LogP contribution is -2.07. The van der Waals surface area contributed by atoms with Crippen LogP contribution in [0, 0.1) is 18.6 Å². The molecule has 0 atom stereocenters. The lowest BCUT2D eigenvalue weighted by atomic mass is 10.1. The molecule has 0 fully saturated rings. The molecule has 1 N–H and O–H groups in total. The van der Waals surface area contributed by atoms with Gasteiger partial charge in [0.1, 0.15) is 5.75 Å². The molecule has 0 aliphatic carbocycles. The van der Waals surface area contributed by atoms with Crippen molar-refractivity contribution in [3.63, 3.8) is 0 Å². The van der Waals surface area contributed by atoms with Gasteiger partial charge in [-0.3, -0.25) is 0 Å². The Morgan fingerprint density at radius 2 is 1.89 bits per heavy atom. The lowest BCUT2D eigenvalue weighted by molar-refractivity contribution is 0.415. The average molecular weight is 378 g/mol. The van der Waals surface area contributed by atoms with Crippen LogP contribution in [-0.2, 0) is 0 Å². The monoisotopic (exact) mass is 378 g/mol. The van der Waals surface area contributed by atoms with Gasteiger partial charge >= 0.3 is 0 Å². The lowest BCUT2D eigenvalue weighted by Gasteiger charge is -2.04. The van der Waals surface area contributed by atoms with Crippen LogP contribution in [0.3, 0.4) is 0 Å². The SMILES string of the molecule is COc1ccc2cc(/C=N\n3c(-n4nc(C)cc4C)n[nH]c3=S)ccc2c1. The Hall–Kier alpha value is -3.26. The van der Waals surface area contributed by atoms with Gasteiger partial charge in [-0.2, -0.15) is 14.9 Å². The zero-order chi connectivity index (χ0) is 19.0. The number of benzene rings is 2. The van der Waals surface area contributed by atoms with Crippen LogP contribution in [0.1, 0.15) is 17.0 Å². The van der Waals surface area contributed by atoms with Crippen LogP contribution < -0.4 is 4.74 Å². The van der Waals surface area contributed by atoms with E-state index in [0.29, 0.717) is 10.7 Å². The molecular formula is C19H18N6OS. The number of hydrogen-bond acceptors (Lipinski definition) is 5. The van der Waals surface area contributed by atoms with E-state index in [1.54, 1.807) is 22.7 Å². The van der Waals surface area contributed by atoms with E-state index >= 15 is 0 Å². The Labute approximate surface area is 160 Å². The Morgan fingerprint density at radius 1 is 1.11 bits per heavy atom. The van der Waals surface area contributed by atoms with Crippen molar-refractivity contribution in [3.8, 4) is 11.7 Å². The number of fused-ring (bicyclic) bond motifs is 1. The first-order chi connectivity index (χ1) is 13.0. The highest BCUT2D eigenvalue weighted by Gasteiger charge is 2.11. The molecule has 2 heterocycles. The van der Waals surface area contributed by atoms with Gasteiger partial charge in [-0.05, 0) is 66.7 Å². The second kappa shape index (κ2) is 6.81. The minimum Gasteiger partial charge on any atom is -0.497 e. The van der Waals surface area contributed by atoms with Gasteiger partial charge in [-0.25, -0.2) is 9.78 Å². The molecule has 27 heavy (non-hydrogen) atoms. The molecule has 0 radical (unpaired) electrons. The summed E-state index contributed by atoms with van der Waals surface area (Å²) < 4.78 is 8.95. The maximum atomic E-state index is 5.32. The number of aromatic nitrogens is 5. The van der Waals surface area contributed by atoms with Gasteiger partial charge in [-0.1, -0.05) is 18.2 Å². The van der Waals surface area contributed by atoms with Gasteiger partial charge in [0, 0.05) is 5.69 Å². The molecule has 7 nitrogen and oxygen atoms in total. The van der Waals surface area contributed by atoms with Gasteiger partial charge in [0.05, 0.1) is 19.0 Å². The third-order valence-electron chi connectivity index (χ3n) is 4.23. The maximum Gasteiger partial charge on any atom is 0.271 e. The molecule has 0 saturated carbocycles. The summed E-state index contributed by atoms with van der Waals surface area (Å²) in [5.74, 6) is 1.36. The number of ether oxygens (including phenoxy) is 1. The quantitative estimate of drug-likeness (QED) is 0.433. The van der Waals surface area contributed by atoms with Crippen molar-refractivity contribution in [1.82, 2.24) is 24.7 Å². The first-order valence-corrected chi connectivity index (χ1v) is 8.79. The van der Waals surface area contributed by atoms with Crippen LogP contribution in [-0.4, -0.2) is 38.0 Å². The summed E-state index contributed by atoms with van der Waals surface area (Å²) >= 11 is 5.32. The standard InChI is InChI=1S/C19H18N6OS/c1-12-8-13(2)24(23-12)18-21-22-19(27)25(18)20-11-14-4-5-16-10-17(26-3)7-6-15(16)9-14/h4-11H,1-3H3,(H,22,27)/b20-11-. The Morgan fingerprint density at radius 3 is 2.63 bits per heavy atom. The summed E-state index contributed by atoms with van der Waals surface area (Å²) in [6.45, 7) is 3.89. The summed E-state index contributed by atoms with van der Waals surface area (Å²) in [6, 6.07) is 14.0. The van der Waals surface area contributed by atoms with Gasteiger partial charge < -0.3 is 4.74 Å². The van der Waals surface area contributed by atoms with Gasteiger partial charge in [0.25, 0.3) is 5.95 Å². The average Bonchev–Trinajstić information content (AvgIpc) is 3.20. The van der Waals surface area contributed by atoms with E-state index in [1.807, 2.05) is 50.2 Å². The van der Waals surface area contributed by atoms with Crippen LogP contribution in [0.5, 0.6) is 5.75 Å². The number of rotatable bonds is 4. The normalized spacial score (nSPS) is 11.5. The van der Waals surface area contributed by atoms with Crippen molar-refractivity contribution < 1.29 is 4.74 Å². The second-order valence-electron chi connectivity index (χ2n) is 6.20. The van der Waals surface area contributed by atoms with Crippen LogP contribution in [0.25, 0.3) is 16.7 Å². The van der Waals surface area contributed by atoms with E-state index in [0.717, 1.165) is 33.5 Å². The number of H-pyrrole nitrogens is 1. The topological polar surface area (TPSA) is 73.0 Å². The molecule has 2 aromatic heterocycles. The molecule has 0 unspecified atom stereocenters. The Balaban J connectivity index is 1.71. The fourth-order valence-corrected chi connectivity index (χ4v) is 3.10. The summed E-state index contributed by atoms with van der Waals surface area (Å²) in [6.07, 6.45) is 1.75. The molecule has 0 bridgehead atoms. The molecule has 2 aromatic carbocycles. The molecule has 0 aliphatic heterocycles. The smallest absolute Gasteiger partial charge is 0.271 e. The van der Waals surface area contributed by atoms with Crippen molar-refractivity contribution in [2.45, 2.75) is 13.8 Å². The zero-order valence-electron chi connectivity index (χ0n) is 15.2. The highest BCUT2D eigenvalue weighted by atomic mass is 32.1. The molecule has 0 aliphatic rings. The van der Waals surface area contributed by atoms with Crippen LogP contribution in [0.4, 0.5) is 0 Å². The fraction of sp³-hybridized carbons (Fsp3) is 0.158. The predicted molar refractivity (Wildman–Crippen MR) is 107 cm³/mol. The highest BCUT2D eigenvalue weighted by molar-refractivity contribution is 7.71. The summed E-state index contributed by atoms with van der Waals surface area (Å²) in [4.78, 5) is 0. The van der Waals surface area contributed by atoms with E-state index in [9.17, 15) is 0 Å². The molecule has 4 rings (SSSR count). The van der Waals surface area contributed by atoms with E-state index in [1.165, 1.54) is 0 Å². The first kappa shape index (κ1) is 17.2. The summed E-state index contributed by atoms with van der Waals surface area (Å²) in [7, 11) is 1.66. The van der Waals surface area contributed by atoms with Crippen LogP contribution >= 0.6 is 12.2 Å². The Bertz CT molecular complexity index is 1220. The molecule has 136 valence electrons. The molecule has 0 spiro atoms. The van der Waals surface area contributed by atoms with E-state index < -0.39 is 0 Å². The van der Waals surface area contributed by atoms with Crippen molar-refractivity contribution in [2.24, 2.45) is 5.10 Å². The second-order valence-corrected chi connectivity index (χ2v) is 6.58. The third-order valence-corrected chi connectivity index (χ3v) is 4.49. The number of aryl methyl sites for hydroxylation is 2. The minimum atomic E-state index is 0.402. The van der Waals surface area contributed by atoms with Crippen molar-refractivity contribution in [2.75, 3.05) is 7.11 Å². The molecule has 0 amide bonds. The largest absolute Gasteiger partial charge is 0.497 e. The third kappa shape index (κ3) is 3.26. The summed E-state index contributed by atoms with van der Waals surface area (Å²) in [5, 5.41) is 18.2. The van der Waals surface area contributed by atoms with Gasteiger partial charge in [-0.15, -0.1) is 5.10 Å². The molecule has 8 heteroatoms. The van der Waals surface area contributed by atoms with Crippen LogP contribution in [0.15, 0.2) is 47.6 Å². The number of methoxy groups -OCH3 is 1. The number of nitrogens with one attached hydrogen (secondary N) is 1. The molecule has 4 aromatic rings. The highest BCUT2D eigenvalue weighted by Crippen LogP contribution is 2.21. The van der Waals surface area contributed by atoms with Crippen LogP contribution in [0.2, 0.25) is 0 Å². The number of nitrogens with zero attached hydrogens (tertiary/aromatic N) is 5. The molecular weight excluding hydrogens is 360 g/mol. The zero-order valence-corrected chi connectivity index (χ0v) is 16.0. The number of aromatic amines is 1. The minimum absolute atomic E-state index is 0.402. The van der Waals surface area contributed by atoms with Gasteiger partial charge in [0.2, 0.25) is 4.77 Å². The van der Waals surface area contributed by atoms with Gasteiger partial charge in [0.15, 0.2) is 0 Å². The summed E-state index contributed by atoms with van der Waals surface area (Å²) in [5.41, 5.74) is 2.81. The van der Waals surface area contributed by atoms with E-state index in [4.69, 9.17) is 17.0 Å². The first-order valence-electron chi connectivity index (χ1n) is 8.38. The predicted octanol–water partition coefficient (Wildman–Crippen LogP) is 3.79. The van der Waals surface area contributed by atoms with Crippen molar-refractivity contribution >= 4 is 29.2 Å². The fourth-order valence-electron chi connectivity index (χ4n) is 2.93. The van der Waals surface area contributed by atoms with E-state index in [2.05, 4.69) is 26.5 Å². The maximum absolute atomic E-state index is 5.32.